The minimum absolute atomic E-state index is 0.0412. The number of nitrogens with one attached hydrogen (secondary N) is 2. The van der Waals surface area contributed by atoms with Gasteiger partial charge in [-0.3, -0.25) is 14.2 Å². The highest BCUT2D eigenvalue weighted by Crippen LogP contribution is 2.26. The lowest BCUT2D eigenvalue weighted by molar-refractivity contribution is 0.0950. The monoisotopic (exact) mass is 476 g/mol. The number of methoxy groups -OCH3 is 1. The predicted octanol–water partition coefficient (Wildman–Crippen LogP) is 3.67. The highest BCUT2D eigenvalue weighted by molar-refractivity contribution is 7.92. The van der Waals surface area contributed by atoms with Crippen molar-refractivity contribution in [2.24, 2.45) is 0 Å². The number of anilines is 1. The van der Waals surface area contributed by atoms with Gasteiger partial charge in [-0.1, -0.05) is 36.4 Å². The van der Waals surface area contributed by atoms with E-state index in [1.54, 1.807) is 30.5 Å². The summed E-state index contributed by atoms with van der Waals surface area (Å²) >= 11 is 0. The molecule has 174 valence electrons. The third-order valence-electron chi connectivity index (χ3n) is 5.23. The van der Waals surface area contributed by atoms with E-state index >= 15 is 0 Å². The van der Waals surface area contributed by atoms with Gasteiger partial charge in [0, 0.05) is 24.5 Å². The van der Waals surface area contributed by atoms with E-state index in [-0.39, 0.29) is 10.8 Å². The van der Waals surface area contributed by atoms with Gasteiger partial charge in [-0.15, -0.1) is 0 Å². The van der Waals surface area contributed by atoms with Gasteiger partial charge in [-0.25, -0.2) is 8.42 Å². The molecule has 0 radical (unpaired) electrons. The third-order valence-corrected chi connectivity index (χ3v) is 6.61. The second-order valence-corrected chi connectivity index (χ2v) is 9.17. The summed E-state index contributed by atoms with van der Waals surface area (Å²) < 4.78 is 35.0. The predicted molar refractivity (Wildman–Crippen MR) is 129 cm³/mol. The first-order valence-corrected chi connectivity index (χ1v) is 12.0. The zero-order chi connectivity index (χ0) is 24.0. The van der Waals surface area contributed by atoms with E-state index in [0.29, 0.717) is 30.1 Å². The van der Waals surface area contributed by atoms with Crippen LogP contribution >= 0.6 is 0 Å². The van der Waals surface area contributed by atoms with Gasteiger partial charge in [0.05, 0.1) is 24.2 Å². The Kier molecular flexibility index (Phi) is 6.93. The number of carbonyl (C=O) groups is 1. The third kappa shape index (κ3) is 5.44. The Balaban J connectivity index is 1.42. The second-order valence-electron chi connectivity index (χ2n) is 7.49. The van der Waals surface area contributed by atoms with Crippen molar-refractivity contribution in [3.05, 3.63) is 108 Å². The number of hydrogen-bond acceptors (Lipinski definition) is 5. The number of para-hydroxylation sites is 2. The molecule has 0 bridgehead atoms. The van der Waals surface area contributed by atoms with Gasteiger partial charge in [-0.05, 0) is 53.6 Å². The van der Waals surface area contributed by atoms with Crippen molar-refractivity contribution >= 4 is 21.6 Å². The fourth-order valence-corrected chi connectivity index (χ4v) is 4.52. The van der Waals surface area contributed by atoms with Crippen molar-refractivity contribution in [3.8, 4) is 5.75 Å². The number of benzene rings is 3. The van der Waals surface area contributed by atoms with Gasteiger partial charge in [-0.2, -0.15) is 5.10 Å². The van der Waals surface area contributed by atoms with Crippen molar-refractivity contribution < 1.29 is 17.9 Å². The smallest absolute Gasteiger partial charge is 0.262 e. The van der Waals surface area contributed by atoms with Gasteiger partial charge in [0.25, 0.3) is 15.9 Å². The van der Waals surface area contributed by atoms with Crippen LogP contribution in [0, 0.1) is 0 Å². The minimum Gasteiger partial charge on any atom is -0.495 e. The van der Waals surface area contributed by atoms with E-state index in [9.17, 15) is 13.2 Å². The number of carbonyl (C=O) groups excluding carboxylic acids is 1. The summed E-state index contributed by atoms with van der Waals surface area (Å²) in [4.78, 5) is 12.7. The first kappa shape index (κ1) is 23.1. The topological polar surface area (TPSA) is 102 Å². The first-order chi connectivity index (χ1) is 16.5. The number of rotatable bonds is 9. The van der Waals surface area contributed by atoms with Crippen LogP contribution in [0.1, 0.15) is 21.5 Å². The summed E-state index contributed by atoms with van der Waals surface area (Å²) in [5.74, 6) is 0.116. The summed E-state index contributed by atoms with van der Waals surface area (Å²) in [6, 6.07) is 22.2. The lowest BCUT2D eigenvalue weighted by Crippen LogP contribution is -2.23. The van der Waals surface area contributed by atoms with Crippen molar-refractivity contribution in [1.82, 2.24) is 15.1 Å². The molecular weight excluding hydrogens is 452 g/mol. The molecule has 0 saturated carbocycles. The molecule has 9 heteroatoms. The molecule has 8 nitrogen and oxygen atoms in total. The highest BCUT2D eigenvalue weighted by atomic mass is 32.2. The first-order valence-electron chi connectivity index (χ1n) is 10.5. The van der Waals surface area contributed by atoms with Crippen molar-refractivity contribution in [2.45, 2.75) is 18.0 Å². The van der Waals surface area contributed by atoms with Crippen LogP contribution in [0.2, 0.25) is 0 Å². The van der Waals surface area contributed by atoms with Crippen molar-refractivity contribution in [3.63, 3.8) is 0 Å². The van der Waals surface area contributed by atoms with Crippen molar-refractivity contribution in [1.29, 1.82) is 0 Å². The van der Waals surface area contributed by atoms with E-state index in [1.165, 1.54) is 31.4 Å². The van der Waals surface area contributed by atoms with E-state index < -0.39 is 10.0 Å². The molecule has 0 spiro atoms. The summed E-state index contributed by atoms with van der Waals surface area (Å²) in [5.41, 5.74) is 2.73. The molecule has 0 unspecified atom stereocenters. The maximum absolute atomic E-state index is 12.8. The largest absolute Gasteiger partial charge is 0.495 e. The van der Waals surface area contributed by atoms with E-state index in [2.05, 4.69) is 15.1 Å². The number of amides is 1. The Hall–Kier alpha value is -4.11. The Morgan fingerprint density at radius 2 is 1.65 bits per heavy atom. The number of nitrogens with zero attached hydrogens (tertiary/aromatic N) is 2. The van der Waals surface area contributed by atoms with Crippen LogP contribution in [0.15, 0.2) is 96.2 Å². The fourth-order valence-electron chi connectivity index (χ4n) is 3.45. The number of ether oxygens (including phenoxy) is 1. The minimum atomic E-state index is -3.84. The van der Waals surface area contributed by atoms with Gasteiger partial charge >= 0.3 is 0 Å². The molecule has 4 rings (SSSR count). The second kappa shape index (κ2) is 10.2. The molecule has 1 aromatic heterocycles. The molecule has 34 heavy (non-hydrogen) atoms. The van der Waals surface area contributed by atoms with Crippen molar-refractivity contribution in [2.75, 3.05) is 11.8 Å². The Morgan fingerprint density at radius 1 is 0.941 bits per heavy atom. The van der Waals surface area contributed by atoms with E-state index in [1.807, 2.05) is 41.2 Å². The average Bonchev–Trinajstić information content (AvgIpc) is 3.37. The Morgan fingerprint density at radius 3 is 2.35 bits per heavy atom. The molecule has 1 amide bonds. The lowest BCUT2D eigenvalue weighted by Gasteiger charge is -2.12. The zero-order valence-corrected chi connectivity index (χ0v) is 19.3. The van der Waals surface area contributed by atoms with Gasteiger partial charge in [0.2, 0.25) is 0 Å². The standard InChI is InChI=1S/C25H24N4O4S/c1-33-24-10-5-4-9-23(24)28-34(31,32)22-13-11-19(12-14-22)25(30)26-17-20-7-2-3-8-21(20)18-29-16-6-15-27-29/h2-16,28H,17-18H2,1H3,(H,26,30). The number of hydrogen-bond donors (Lipinski definition) is 2. The van der Waals surface area contributed by atoms with Crippen LogP contribution in [0.3, 0.4) is 0 Å². The summed E-state index contributed by atoms with van der Waals surface area (Å²) in [6.45, 7) is 0.941. The molecule has 0 aliphatic heterocycles. The number of sulfonamides is 1. The molecule has 0 atom stereocenters. The highest BCUT2D eigenvalue weighted by Gasteiger charge is 2.17. The van der Waals surface area contributed by atoms with Crippen LogP contribution in [0.5, 0.6) is 5.75 Å². The fraction of sp³-hybridized carbons (Fsp3) is 0.120. The van der Waals surface area contributed by atoms with Gasteiger partial charge < -0.3 is 10.1 Å². The molecule has 2 N–H and O–H groups in total. The molecule has 3 aromatic carbocycles. The lowest BCUT2D eigenvalue weighted by atomic mass is 10.1. The molecule has 0 fully saturated rings. The van der Waals surface area contributed by atoms with Crippen LogP contribution in [-0.4, -0.2) is 31.2 Å². The van der Waals surface area contributed by atoms with Gasteiger partial charge in [0.1, 0.15) is 5.75 Å². The van der Waals surface area contributed by atoms with E-state index in [0.717, 1.165) is 11.1 Å². The molecule has 0 aliphatic rings. The zero-order valence-electron chi connectivity index (χ0n) is 18.5. The normalized spacial score (nSPS) is 11.1. The quantitative estimate of drug-likeness (QED) is 0.384. The van der Waals surface area contributed by atoms with Crippen LogP contribution in [-0.2, 0) is 23.1 Å². The SMILES string of the molecule is COc1ccccc1NS(=O)(=O)c1ccc(C(=O)NCc2ccccc2Cn2cccn2)cc1. The average molecular weight is 477 g/mol. The Bertz CT molecular complexity index is 1370. The molecule has 0 saturated heterocycles. The summed E-state index contributed by atoms with van der Waals surface area (Å²) in [5, 5.41) is 7.13. The maximum atomic E-state index is 12.8. The van der Waals surface area contributed by atoms with Crippen LogP contribution < -0.4 is 14.8 Å². The molecule has 0 aliphatic carbocycles. The summed E-state index contributed by atoms with van der Waals surface area (Å²) in [6.07, 6.45) is 3.60. The van der Waals surface area contributed by atoms with Gasteiger partial charge in [0.15, 0.2) is 0 Å². The molecular formula is C25H24N4O4S. The summed E-state index contributed by atoms with van der Waals surface area (Å²) in [7, 11) is -2.38. The number of aromatic nitrogens is 2. The maximum Gasteiger partial charge on any atom is 0.262 e. The molecule has 1 heterocycles. The van der Waals surface area contributed by atoms with Crippen LogP contribution in [0.4, 0.5) is 5.69 Å². The Labute approximate surface area is 198 Å². The van der Waals surface area contributed by atoms with E-state index in [4.69, 9.17) is 4.74 Å². The molecule has 4 aromatic rings. The van der Waals surface area contributed by atoms with Crippen LogP contribution in [0.25, 0.3) is 0 Å².